The highest BCUT2D eigenvalue weighted by Gasteiger charge is 2.17. The Morgan fingerprint density at radius 1 is 1.43 bits per heavy atom. The maximum atomic E-state index is 9.25. The summed E-state index contributed by atoms with van der Waals surface area (Å²) in [4.78, 5) is 0. The number of aryl methyl sites for hydroxylation is 2. The summed E-state index contributed by atoms with van der Waals surface area (Å²) >= 11 is 3.39. The molecule has 0 fully saturated rings. The number of nitrogens with zero attached hydrogens (tertiary/aromatic N) is 3. The Labute approximate surface area is 133 Å². The highest BCUT2D eigenvalue weighted by Crippen LogP contribution is 2.28. The van der Waals surface area contributed by atoms with Crippen LogP contribution in [0.15, 0.2) is 22.7 Å². The topological polar surface area (TPSA) is 53.6 Å². The summed E-state index contributed by atoms with van der Waals surface area (Å²) in [6.07, 6.45) is 0. The van der Waals surface area contributed by atoms with E-state index in [0.717, 1.165) is 22.4 Å². The molecular weight excluding hydrogens is 328 g/mol. The van der Waals surface area contributed by atoms with Gasteiger partial charge < -0.3 is 5.32 Å². The van der Waals surface area contributed by atoms with Crippen molar-refractivity contribution in [2.45, 2.75) is 40.3 Å². The highest BCUT2D eigenvalue weighted by molar-refractivity contribution is 9.10. The lowest BCUT2D eigenvalue weighted by Crippen LogP contribution is -2.10. The molecule has 1 unspecified atom stereocenters. The van der Waals surface area contributed by atoms with Gasteiger partial charge in [-0.15, -0.1) is 0 Å². The number of halogens is 1. The molecule has 1 atom stereocenters. The van der Waals surface area contributed by atoms with Gasteiger partial charge in [0.05, 0.1) is 23.0 Å². The molecule has 1 N–H and O–H groups in total. The third-order valence-electron chi connectivity index (χ3n) is 3.64. The van der Waals surface area contributed by atoms with Gasteiger partial charge in [0.15, 0.2) is 0 Å². The molecule has 1 heterocycles. The lowest BCUT2D eigenvalue weighted by atomic mass is 10.1. The summed E-state index contributed by atoms with van der Waals surface area (Å²) in [6, 6.07) is 8.01. The minimum atomic E-state index is 0.0959. The Hall–Kier alpha value is -1.80. The molecule has 2 aromatic rings. The third-order valence-corrected chi connectivity index (χ3v) is 4.14. The molecule has 0 aliphatic heterocycles. The summed E-state index contributed by atoms with van der Waals surface area (Å²) < 4.78 is 2.92. The van der Waals surface area contributed by atoms with Crippen molar-refractivity contribution in [1.82, 2.24) is 9.78 Å². The van der Waals surface area contributed by atoms with Crippen molar-refractivity contribution in [3.05, 3.63) is 45.2 Å². The largest absolute Gasteiger partial charge is 0.377 e. The van der Waals surface area contributed by atoms with Gasteiger partial charge >= 0.3 is 0 Å². The molecule has 2 rings (SSSR count). The first kappa shape index (κ1) is 15.6. The van der Waals surface area contributed by atoms with Crippen LogP contribution in [0.5, 0.6) is 0 Å². The molecule has 0 saturated heterocycles. The quantitative estimate of drug-likeness (QED) is 0.896. The Kier molecular flexibility index (Phi) is 4.69. The predicted molar refractivity (Wildman–Crippen MR) is 88.3 cm³/mol. The van der Waals surface area contributed by atoms with Crippen LogP contribution in [0, 0.1) is 25.2 Å². The Morgan fingerprint density at radius 3 is 2.71 bits per heavy atom. The van der Waals surface area contributed by atoms with E-state index >= 15 is 0 Å². The zero-order chi connectivity index (χ0) is 15.6. The number of nitrogens with one attached hydrogen (secondary N) is 1. The van der Waals surface area contributed by atoms with Crippen molar-refractivity contribution in [3.8, 4) is 6.07 Å². The van der Waals surface area contributed by atoms with Gasteiger partial charge in [-0.1, -0.05) is 15.9 Å². The van der Waals surface area contributed by atoms with E-state index < -0.39 is 0 Å². The second-order valence-corrected chi connectivity index (χ2v) is 5.98. The molecule has 0 aliphatic rings. The second kappa shape index (κ2) is 6.31. The van der Waals surface area contributed by atoms with Gasteiger partial charge in [0, 0.05) is 22.3 Å². The summed E-state index contributed by atoms with van der Waals surface area (Å²) in [6.45, 7) is 9.16. The van der Waals surface area contributed by atoms with E-state index in [2.05, 4.69) is 53.2 Å². The fourth-order valence-corrected chi connectivity index (χ4v) is 3.05. The first-order valence-corrected chi connectivity index (χ1v) is 7.77. The molecule has 0 bridgehead atoms. The van der Waals surface area contributed by atoms with Crippen LogP contribution in [0.4, 0.5) is 5.69 Å². The van der Waals surface area contributed by atoms with Crippen molar-refractivity contribution in [3.63, 3.8) is 0 Å². The van der Waals surface area contributed by atoms with Gasteiger partial charge in [0.25, 0.3) is 0 Å². The monoisotopic (exact) mass is 346 g/mol. The van der Waals surface area contributed by atoms with E-state index in [1.807, 2.05) is 29.8 Å². The molecule has 1 aromatic heterocycles. The Balaban J connectivity index is 2.33. The summed E-state index contributed by atoms with van der Waals surface area (Å²) in [5, 5.41) is 17.2. The second-order valence-electron chi connectivity index (χ2n) is 5.07. The van der Waals surface area contributed by atoms with Crippen LogP contribution in [0.1, 0.15) is 42.4 Å². The van der Waals surface area contributed by atoms with Crippen LogP contribution >= 0.6 is 15.9 Å². The van der Waals surface area contributed by atoms with Gasteiger partial charge in [-0.25, -0.2) is 0 Å². The van der Waals surface area contributed by atoms with Crippen LogP contribution in [-0.4, -0.2) is 9.78 Å². The van der Waals surface area contributed by atoms with Crippen molar-refractivity contribution in [2.75, 3.05) is 5.32 Å². The summed E-state index contributed by atoms with van der Waals surface area (Å²) in [5.74, 6) is 0. The van der Waals surface area contributed by atoms with E-state index in [0.29, 0.717) is 5.56 Å². The number of aromatic nitrogens is 2. The molecule has 0 spiro atoms. The summed E-state index contributed by atoms with van der Waals surface area (Å²) in [7, 11) is 0. The van der Waals surface area contributed by atoms with Gasteiger partial charge in [-0.3, -0.25) is 4.68 Å². The fraction of sp³-hybridized carbons (Fsp3) is 0.375. The average Bonchev–Trinajstić information content (AvgIpc) is 2.75. The number of anilines is 1. The highest BCUT2D eigenvalue weighted by atomic mass is 79.9. The Morgan fingerprint density at radius 2 is 2.14 bits per heavy atom. The predicted octanol–water partition coefficient (Wildman–Crippen LogP) is 4.33. The van der Waals surface area contributed by atoms with Crippen molar-refractivity contribution in [1.29, 1.82) is 5.26 Å². The standard InChI is InChI=1S/C16H19BrN4/c1-5-21-12(4)16(11(3)20-21)10(2)19-15-7-6-14(17)8-13(15)9-18/h6-8,10,19H,5H2,1-4H3. The number of nitriles is 1. The average molecular weight is 347 g/mol. The SMILES string of the molecule is CCn1nc(C)c(C(C)Nc2ccc(Br)cc2C#N)c1C. The van der Waals surface area contributed by atoms with Crippen LogP contribution in [0.3, 0.4) is 0 Å². The number of hydrogen-bond donors (Lipinski definition) is 1. The molecule has 5 heteroatoms. The van der Waals surface area contributed by atoms with Crippen LogP contribution in [-0.2, 0) is 6.54 Å². The number of benzene rings is 1. The van der Waals surface area contributed by atoms with Gasteiger partial charge in [0.1, 0.15) is 6.07 Å². The van der Waals surface area contributed by atoms with E-state index in [4.69, 9.17) is 0 Å². The third kappa shape index (κ3) is 3.11. The molecule has 110 valence electrons. The number of rotatable bonds is 4. The van der Waals surface area contributed by atoms with E-state index in [-0.39, 0.29) is 6.04 Å². The zero-order valence-corrected chi connectivity index (χ0v) is 14.3. The minimum Gasteiger partial charge on any atom is -0.377 e. The van der Waals surface area contributed by atoms with E-state index in [1.54, 1.807) is 0 Å². The first-order chi connectivity index (χ1) is 9.97. The molecular formula is C16H19BrN4. The minimum absolute atomic E-state index is 0.0959. The van der Waals surface area contributed by atoms with Crippen molar-refractivity contribution >= 4 is 21.6 Å². The molecule has 4 nitrogen and oxygen atoms in total. The lowest BCUT2D eigenvalue weighted by molar-refractivity contribution is 0.632. The van der Waals surface area contributed by atoms with E-state index in [9.17, 15) is 5.26 Å². The van der Waals surface area contributed by atoms with Gasteiger partial charge in [0.2, 0.25) is 0 Å². The van der Waals surface area contributed by atoms with Crippen LogP contribution in [0.2, 0.25) is 0 Å². The fourth-order valence-electron chi connectivity index (χ4n) is 2.69. The normalized spacial score (nSPS) is 12.0. The number of hydrogen-bond acceptors (Lipinski definition) is 3. The molecule has 21 heavy (non-hydrogen) atoms. The van der Waals surface area contributed by atoms with Crippen molar-refractivity contribution in [2.24, 2.45) is 0 Å². The molecule has 0 radical (unpaired) electrons. The van der Waals surface area contributed by atoms with Gasteiger partial charge in [-0.2, -0.15) is 10.4 Å². The molecule has 0 saturated carbocycles. The molecule has 0 amide bonds. The molecule has 0 aliphatic carbocycles. The maximum Gasteiger partial charge on any atom is 0.101 e. The maximum absolute atomic E-state index is 9.25. The Bertz CT molecular complexity index is 697. The summed E-state index contributed by atoms with van der Waals surface area (Å²) in [5.41, 5.74) is 4.88. The molecule has 1 aromatic carbocycles. The smallest absolute Gasteiger partial charge is 0.101 e. The first-order valence-electron chi connectivity index (χ1n) is 6.98. The van der Waals surface area contributed by atoms with Gasteiger partial charge in [-0.05, 0) is 45.9 Å². The van der Waals surface area contributed by atoms with Crippen LogP contribution in [0.25, 0.3) is 0 Å². The van der Waals surface area contributed by atoms with Crippen LogP contribution < -0.4 is 5.32 Å². The van der Waals surface area contributed by atoms with Crippen molar-refractivity contribution < 1.29 is 0 Å². The van der Waals surface area contributed by atoms with E-state index in [1.165, 1.54) is 11.3 Å². The zero-order valence-electron chi connectivity index (χ0n) is 12.7. The lowest BCUT2D eigenvalue weighted by Gasteiger charge is -2.17.